The fourth-order valence-electron chi connectivity index (χ4n) is 4.02. The normalized spacial score (nSPS) is 25.3. The zero-order chi connectivity index (χ0) is 13.6. The molecule has 0 atom stereocenters. The van der Waals surface area contributed by atoms with E-state index in [0.717, 1.165) is 57.4 Å². The first-order valence-electron chi connectivity index (χ1n) is 7.86. The molecule has 20 heavy (non-hydrogen) atoms. The van der Waals surface area contributed by atoms with Crippen LogP contribution in [0.25, 0.3) is 0 Å². The predicted octanol–water partition coefficient (Wildman–Crippen LogP) is 1.17. The van der Waals surface area contributed by atoms with Crippen molar-refractivity contribution in [2.24, 2.45) is 5.92 Å². The van der Waals surface area contributed by atoms with Crippen LogP contribution in [0.5, 0.6) is 0 Å². The predicted molar refractivity (Wildman–Crippen MR) is 75.1 cm³/mol. The highest BCUT2D eigenvalue weighted by atomic mass is 16.2. The van der Waals surface area contributed by atoms with Crippen LogP contribution < -0.4 is 5.32 Å². The summed E-state index contributed by atoms with van der Waals surface area (Å²) in [4.78, 5) is 22.9. The second-order valence-electron chi connectivity index (χ2n) is 6.38. The number of carbonyl (C=O) groups excluding carboxylic acids is 1. The van der Waals surface area contributed by atoms with Crippen molar-refractivity contribution in [2.45, 2.75) is 44.1 Å². The highest BCUT2D eigenvalue weighted by Crippen LogP contribution is 2.43. The Balaban J connectivity index is 1.72. The van der Waals surface area contributed by atoms with E-state index in [1.807, 2.05) is 0 Å². The third-order valence-electron chi connectivity index (χ3n) is 5.41. The Morgan fingerprint density at radius 1 is 1.35 bits per heavy atom. The largest absolute Gasteiger partial charge is 0.348 e. The smallest absolute Gasteiger partial charge is 0.226 e. The third kappa shape index (κ3) is 1.65. The van der Waals surface area contributed by atoms with Crippen LogP contribution in [0.3, 0.4) is 0 Å². The Morgan fingerprint density at radius 3 is 2.85 bits per heavy atom. The van der Waals surface area contributed by atoms with Crippen LogP contribution in [-0.4, -0.2) is 40.4 Å². The molecule has 1 saturated heterocycles. The van der Waals surface area contributed by atoms with E-state index in [1.54, 1.807) is 6.33 Å². The first-order chi connectivity index (χ1) is 9.81. The van der Waals surface area contributed by atoms with Crippen LogP contribution in [0.4, 0.5) is 0 Å². The molecule has 5 heteroatoms. The standard InChI is InChI=1S/C15H22N4O/c20-14(11-2-1-3-11)19-9-4-12-13(18-10-17-12)15(19)5-7-16-8-6-15/h10-11,16H,1-9H2,(H,17,18). The summed E-state index contributed by atoms with van der Waals surface area (Å²) in [5, 5.41) is 3.42. The second kappa shape index (κ2) is 4.58. The lowest BCUT2D eigenvalue weighted by molar-refractivity contribution is -0.148. The number of nitrogens with zero attached hydrogens (tertiary/aromatic N) is 2. The number of piperidine rings is 1. The van der Waals surface area contributed by atoms with Gasteiger partial charge in [-0.1, -0.05) is 6.42 Å². The number of fused-ring (bicyclic) bond motifs is 2. The van der Waals surface area contributed by atoms with Gasteiger partial charge in [0.05, 0.1) is 17.6 Å². The lowest BCUT2D eigenvalue weighted by Gasteiger charge is -2.50. The zero-order valence-corrected chi connectivity index (χ0v) is 11.8. The lowest BCUT2D eigenvalue weighted by atomic mass is 9.76. The quantitative estimate of drug-likeness (QED) is 0.808. The molecule has 3 aliphatic rings. The number of rotatable bonds is 1. The molecule has 4 rings (SSSR count). The highest BCUT2D eigenvalue weighted by Gasteiger charge is 2.49. The average Bonchev–Trinajstić information content (AvgIpc) is 2.87. The molecule has 1 spiro atoms. The topological polar surface area (TPSA) is 61.0 Å². The van der Waals surface area contributed by atoms with Gasteiger partial charge in [-0.15, -0.1) is 0 Å². The molecule has 1 aliphatic carbocycles. The van der Waals surface area contributed by atoms with Crippen molar-refractivity contribution >= 4 is 5.91 Å². The molecule has 0 aromatic carbocycles. The van der Waals surface area contributed by atoms with E-state index >= 15 is 0 Å². The number of imidazole rings is 1. The molecule has 0 bridgehead atoms. The summed E-state index contributed by atoms with van der Waals surface area (Å²) in [6.45, 7) is 2.80. The second-order valence-corrected chi connectivity index (χ2v) is 6.38. The maximum atomic E-state index is 12.9. The molecule has 0 unspecified atom stereocenters. The summed E-state index contributed by atoms with van der Waals surface area (Å²) < 4.78 is 0. The SMILES string of the molecule is O=C(C1CCC1)N1CCc2[nH]cnc2C12CCNCC2. The number of hydrogen-bond acceptors (Lipinski definition) is 3. The Bertz CT molecular complexity index is 514. The molecule has 108 valence electrons. The van der Waals surface area contributed by atoms with Crippen molar-refractivity contribution in [1.82, 2.24) is 20.2 Å². The first kappa shape index (κ1) is 12.4. The molecule has 1 aromatic heterocycles. The maximum absolute atomic E-state index is 12.9. The zero-order valence-electron chi connectivity index (χ0n) is 11.8. The lowest BCUT2D eigenvalue weighted by Crippen LogP contribution is -2.59. The number of amides is 1. The van der Waals surface area contributed by atoms with Crippen molar-refractivity contribution in [1.29, 1.82) is 0 Å². The molecule has 3 heterocycles. The van der Waals surface area contributed by atoms with Crippen molar-refractivity contribution < 1.29 is 4.79 Å². The Hall–Kier alpha value is -1.36. The van der Waals surface area contributed by atoms with Crippen molar-refractivity contribution in [2.75, 3.05) is 19.6 Å². The fourth-order valence-corrected chi connectivity index (χ4v) is 4.02. The first-order valence-corrected chi connectivity index (χ1v) is 7.86. The fraction of sp³-hybridized carbons (Fsp3) is 0.733. The van der Waals surface area contributed by atoms with Gasteiger partial charge in [0.25, 0.3) is 0 Å². The van der Waals surface area contributed by atoms with Crippen LogP contribution in [0, 0.1) is 5.92 Å². The number of nitrogens with one attached hydrogen (secondary N) is 2. The molecular formula is C15H22N4O. The molecule has 2 fully saturated rings. The van der Waals surface area contributed by atoms with Gasteiger partial charge in [-0.25, -0.2) is 4.98 Å². The van der Waals surface area contributed by atoms with Gasteiger partial charge >= 0.3 is 0 Å². The van der Waals surface area contributed by atoms with Gasteiger partial charge in [-0.2, -0.15) is 0 Å². The van der Waals surface area contributed by atoms with E-state index in [2.05, 4.69) is 20.2 Å². The summed E-state index contributed by atoms with van der Waals surface area (Å²) in [7, 11) is 0. The number of aromatic amines is 1. The van der Waals surface area contributed by atoms with E-state index in [4.69, 9.17) is 0 Å². The number of aromatic nitrogens is 2. The van der Waals surface area contributed by atoms with E-state index in [1.165, 1.54) is 12.1 Å². The van der Waals surface area contributed by atoms with Crippen LogP contribution in [-0.2, 0) is 16.8 Å². The Labute approximate surface area is 119 Å². The van der Waals surface area contributed by atoms with Crippen molar-refractivity contribution in [3.63, 3.8) is 0 Å². The Morgan fingerprint density at radius 2 is 2.15 bits per heavy atom. The Kier molecular flexibility index (Phi) is 2.84. The van der Waals surface area contributed by atoms with Crippen molar-refractivity contribution in [3.8, 4) is 0 Å². The van der Waals surface area contributed by atoms with Gasteiger partial charge in [-0.05, 0) is 38.8 Å². The van der Waals surface area contributed by atoms with Gasteiger partial charge in [0.2, 0.25) is 5.91 Å². The monoisotopic (exact) mass is 274 g/mol. The van der Waals surface area contributed by atoms with Gasteiger partial charge in [0.15, 0.2) is 0 Å². The van der Waals surface area contributed by atoms with E-state index < -0.39 is 0 Å². The van der Waals surface area contributed by atoms with Crippen LogP contribution >= 0.6 is 0 Å². The minimum absolute atomic E-state index is 0.147. The molecule has 2 aliphatic heterocycles. The molecule has 1 amide bonds. The minimum Gasteiger partial charge on any atom is -0.348 e. The molecule has 0 radical (unpaired) electrons. The van der Waals surface area contributed by atoms with Crippen LogP contribution in [0.2, 0.25) is 0 Å². The summed E-state index contributed by atoms with van der Waals surface area (Å²) in [5.74, 6) is 0.661. The molecule has 5 nitrogen and oxygen atoms in total. The number of H-pyrrole nitrogens is 1. The number of hydrogen-bond donors (Lipinski definition) is 2. The van der Waals surface area contributed by atoms with Crippen molar-refractivity contribution in [3.05, 3.63) is 17.7 Å². The van der Waals surface area contributed by atoms with Gasteiger partial charge in [0, 0.05) is 24.6 Å². The van der Waals surface area contributed by atoms with Gasteiger partial charge in [0.1, 0.15) is 0 Å². The number of carbonyl (C=O) groups is 1. The van der Waals surface area contributed by atoms with E-state index in [0.29, 0.717) is 5.91 Å². The maximum Gasteiger partial charge on any atom is 0.226 e. The third-order valence-corrected chi connectivity index (χ3v) is 5.41. The molecule has 1 aromatic rings. The average molecular weight is 274 g/mol. The summed E-state index contributed by atoms with van der Waals surface area (Å²) in [6, 6.07) is 0. The summed E-state index contributed by atoms with van der Waals surface area (Å²) >= 11 is 0. The minimum atomic E-state index is -0.147. The molecule has 2 N–H and O–H groups in total. The highest BCUT2D eigenvalue weighted by molar-refractivity contribution is 5.81. The van der Waals surface area contributed by atoms with Gasteiger partial charge < -0.3 is 15.2 Å². The summed E-state index contributed by atoms with van der Waals surface area (Å²) in [6.07, 6.45) is 8.07. The molecule has 1 saturated carbocycles. The van der Waals surface area contributed by atoms with Gasteiger partial charge in [-0.3, -0.25) is 4.79 Å². The van der Waals surface area contributed by atoms with Crippen LogP contribution in [0.15, 0.2) is 6.33 Å². The molecular weight excluding hydrogens is 252 g/mol. The van der Waals surface area contributed by atoms with E-state index in [9.17, 15) is 4.79 Å². The van der Waals surface area contributed by atoms with Crippen LogP contribution in [0.1, 0.15) is 43.5 Å². The summed E-state index contributed by atoms with van der Waals surface area (Å²) in [5.41, 5.74) is 2.23. The van der Waals surface area contributed by atoms with E-state index in [-0.39, 0.29) is 11.5 Å².